The van der Waals surface area contributed by atoms with E-state index in [0.717, 1.165) is 0 Å². The van der Waals surface area contributed by atoms with E-state index in [2.05, 4.69) is 15.9 Å². The van der Waals surface area contributed by atoms with Gasteiger partial charge in [0.15, 0.2) is 0 Å². The van der Waals surface area contributed by atoms with Crippen LogP contribution in [0.4, 0.5) is 5.69 Å². The fourth-order valence-corrected chi connectivity index (χ4v) is 1.78. The summed E-state index contributed by atoms with van der Waals surface area (Å²) < 4.78 is 0. The first-order valence-electron chi connectivity index (χ1n) is 5.08. The molecule has 92 valence electrons. The van der Waals surface area contributed by atoms with Crippen LogP contribution in [0.3, 0.4) is 0 Å². The van der Waals surface area contributed by atoms with Gasteiger partial charge < -0.3 is 4.90 Å². The third-order valence-electron chi connectivity index (χ3n) is 2.33. The van der Waals surface area contributed by atoms with Crippen LogP contribution in [0.15, 0.2) is 24.3 Å². The molecule has 6 heteroatoms. The first kappa shape index (κ1) is 13.6. The van der Waals surface area contributed by atoms with E-state index in [4.69, 9.17) is 0 Å². The molecular formula is C11H13BrN2O3. The highest BCUT2D eigenvalue weighted by Crippen LogP contribution is 2.19. The minimum atomic E-state index is -0.432. The van der Waals surface area contributed by atoms with Crippen LogP contribution in [0.25, 0.3) is 0 Å². The molecule has 0 bridgehead atoms. The zero-order chi connectivity index (χ0) is 12.8. The molecule has 1 amide bonds. The van der Waals surface area contributed by atoms with E-state index >= 15 is 0 Å². The van der Waals surface area contributed by atoms with Crippen LogP contribution in [0.5, 0.6) is 0 Å². The molecule has 0 aliphatic carbocycles. The summed E-state index contributed by atoms with van der Waals surface area (Å²) >= 11 is 3.19. The minimum absolute atomic E-state index is 0.0416. The molecule has 0 aliphatic rings. The predicted molar refractivity (Wildman–Crippen MR) is 68.0 cm³/mol. The SMILES string of the molecule is CN(Cc1ccccc1[N+](=O)[O-])C(=O)CCBr. The summed E-state index contributed by atoms with van der Waals surface area (Å²) in [5.74, 6) is -0.0416. The first-order chi connectivity index (χ1) is 8.06. The Labute approximate surface area is 108 Å². The quantitative estimate of drug-likeness (QED) is 0.476. The number of hydrogen-bond donors (Lipinski definition) is 0. The normalized spacial score (nSPS) is 10.0. The third-order valence-corrected chi connectivity index (χ3v) is 2.73. The number of hydrogen-bond acceptors (Lipinski definition) is 3. The lowest BCUT2D eigenvalue weighted by Gasteiger charge is -2.16. The number of benzene rings is 1. The topological polar surface area (TPSA) is 63.4 Å². The van der Waals surface area contributed by atoms with Crippen molar-refractivity contribution in [3.63, 3.8) is 0 Å². The Morgan fingerprint density at radius 1 is 1.47 bits per heavy atom. The van der Waals surface area contributed by atoms with Gasteiger partial charge in [-0.1, -0.05) is 34.1 Å². The average Bonchev–Trinajstić information content (AvgIpc) is 2.29. The van der Waals surface area contributed by atoms with Crippen molar-refractivity contribution in [2.24, 2.45) is 0 Å². The molecule has 0 aromatic heterocycles. The molecule has 5 nitrogen and oxygen atoms in total. The Bertz CT molecular complexity index is 423. The molecule has 0 spiro atoms. The summed E-state index contributed by atoms with van der Waals surface area (Å²) in [4.78, 5) is 23.4. The number of amides is 1. The van der Waals surface area contributed by atoms with Crippen molar-refractivity contribution in [2.75, 3.05) is 12.4 Å². The van der Waals surface area contributed by atoms with Gasteiger partial charge in [-0.2, -0.15) is 0 Å². The number of para-hydroxylation sites is 1. The average molecular weight is 301 g/mol. The zero-order valence-electron chi connectivity index (χ0n) is 9.43. The van der Waals surface area contributed by atoms with Crippen molar-refractivity contribution in [1.29, 1.82) is 0 Å². The van der Waals surface area contributed by atoms with E-state index < -0.39 is 4.92 Å². The number of rotatable bonds is 5. The fraction of sp³-hybridized carbons (Fsp3) is 0.364. The number of carbonyl (C=O) groups excluding carboxylic acids is 1. The molecule has 0 heterocycles. The smallest absolute Gasteiger partial charge is 0.274 e. The molecule has 0 atom stereocenters. The van der Waals surface area contributed by atoms with Crippen molar-refractivity contribution in [3.8, 4) is 0 Å². The summed E-state index contributed by atoms with van der Waals surface area (Å²) in [6.07, 6.45) is 0.386. The van der Waals surface area contributed by atoms with Gasteiger partial charge in [0.2, 0.25) is 5.91 Å². The lowest BCUT2D eigenvalue weighted by atomic mass is 10.1. The molecule has 1 aromatic carbocycles. The van der Waals surface area contributed by atoms with Gasteiger partial charge in [0.25, 0.3) is 5.69 Å². The molecule has 0 aliphatic heterocycles. The molecular weight excluding hydrogens is 288 g/mol. The summed E-state index contributed by atoms with van der Waals surface area (Å²) in [6.45, 7) is 0.253. The van der Waals surface area contributed by atoms with Gasteiger partial charge in [0, 0.05) is 30.4 Å². The molecule has 1 rings (SSSR count). The Morgan fingerprint density at radius 2 is 2.12 bits per heavy atom. The van der Waals surface area contributed by atoms with E-state index in [9.17, 15) is 14.9 Å². The molecule has 0 saturated heterocycles. The van der Waals surface area contributed by atoms with Gasteiger partial charge in [-0.3, -0.25) is 14.9 Å². The van der Waals surface area contributed by atoms with Crippen molar-refractivity contribution in [2.45, 2.75) is 13.0 Å². The van der Waals surface area contributed by atoms with Crippen LogP contribution in [0.2, 0.25) is 0 Å². The first-order valence-corrected chi connectivity index (χ1v) is 6.20. The van der Waals surface area contributed by atoms with Crippen LogP contribution in [-0.2, 0) is 11.3 Å². The van der Waals surface area contributed by atoms with Crippen molar-refractivity contribution in [3.05, 3.63) is 39.9 Å². The maximum atomic E-state index is 11.6. The van der Waals surface area contributed by atoms with Gasteiger partial charge in [0.1, 0.15) is 0 Å². The van der Waals surface area contributed by atoms with Gasteiger partial charge >= 0.3 is 0 Å². The second-order valence-corrected chi connectivity index (χ2v) is 4.37. The number of carbonyl (C=O) groups is 1. The Kier molecular flexibility index (Phi) is 5.09. The van der Waals surface area contributed by atoms with Crippen LogP contribution < -0.4 is 0 Å². The zero-order valence-corrected chi connectivity index (χ0v) is 11.0. The number of nitro benzene ring substituents is 1. The fourth-order valence-electron chi connectivity index (χ4n) is 1.44. The summed E-state index contributed by atoms with van der Waals surface area (Å²) in [5, 5.41) is 11.4. The number of nitro groups is 1. The van der Waals surface area contributed by atoms with Crippen molar-refractivity contribution in [1.82, 2.24) is 4.90 Å². The summed E-state index contributed by atoms with van der Waals surface area (Å²) in [6, 6.07) is 6.45. The highest BCUT2D eigenvalue weighted by Gasteiger charge is 2.16. The van der Waals surface area contributed by atoms with E-state index in [1.165, 1.54) is 11.0 Å². The molecule has 1 aromatic rings. The van der Waals surface area contributed by atoms with Crippen LogP contribution in [0, 0.1) is 10.1 Å². The highest BCUT2D eigenvalue weighted by atomic mass is 79.9. The lowest BCUT2D eigenvalue weighted by molar-refractivity contribution is -0.385. The molecule has 0 fully saturated rings. The molecule has 0 N–H and O–H groups in total. The molecule has 0 saturated carbocycles. The number of nitrogens with zero attached hydrogens (tertiary/aromatic N) is 2. The number of halogens is 1. The highest BCUT2D eigenvalue weighted by molar-refractivity contribution is 9.09. The lowest BCUT2D eigenvalue weighted by Crippen LogP contribution is -2.26. The van der Waals surface area contributed by atoms with Crippen molar-refractivity contribution >= 4 is 27.5 Å². The van der Waals surface area contributed by atoms with Gasteiger partial charge in [0.05, 0.1) is 11.5 Å². The monoisotopic (exact) mass is 300 g/mol. The Morgan fingerprint density at radius 3 is 2.71 bits per heavy atom. The second kappa shape index (κ2) is 6.34. The predicted octanol–water partition coefficient (Wildman–Crippen LogP) is 2.34. The van der Waals surface area contributed by atoms with E-state index in [1.807, 2.05) is 0 Å². The Hall–Kier alpha value is -1.43. The molecule has 0 radical (unpaired) electrons. The van der Waals surface area contributed by atoms with Crippen LogP contribution >= 0.6 is 15.9 Å². The minimum Gasteiger partial charge on any atom is -0.341 e. The van der Waals surface area contributed by atoms with E-state index in [0.29, 0.717) is 17.3 Å². The largest absolute Gasteiger partial charge is 0.341 e. The van der Waals surface area contributed by atoms with Crippen LogP contribution in [-0.4, -0.2) is 28.1 Å². The van der Waals surface area contributed by atoms with Crippen molar-refractivity contribution < 1.29 is 9.72 Å². The Balaban J connectivity index is 2.81. The van der Waals surface area contributed by atoms with Gasteiger partial charge in [-0.05, 0) is 0 Å². The van der Waals surface area contributed by atoms with Crippen LogP contribution in [0.1, 0.15) is 12.0 Å². The number of alkyl halides is 1. The summed E-state index contributed by atoms with van der Waals surface area (Å²) in [5.41, 5.74) is 0.592. The molecule has 17 heavy (non-hydrogen) atoms. The molecule has 0 unspecified atom stereocenters. The second-order valence-electron chi connectivity index (χ2n) is 3.57. The third kappa shape index (κ3) is 3.81. The van der Waals surface area contributed by atoms with Gasteiger partial charge in [-0.15, -0.1) is 0 Å². The van der Waals surface area contributed by atoms with E-state index in [1.54, 1.807) is 25.2 Å². The maximum Gasteiger partial charge on any atom is 0.274 e. The van der Waals surface area contributed by atoms with E-state index in [-0.39, 0.29) is 18.1 Å². The summed E-state index contributed by atoms with van der Waals surface area (Å²) in [7, 11) is 1.64. The van der Waals surface area contributed by atoms with Gasteiger partial charge in [-0.25, -0.2) is 0 Å². The maximum absolute atomic E-state index is 11.6. The standard InChI is InChI=1S/C11H13BrN2O3/c1-13(11(15)6-7-12)8-9-4-2-3-5-10(9)14(16)17/h2-5H,6-8H2,1H3.